The zero-order valence-electron chi connectivity index (χ0n) is 15.0. The fourth-order valence-corrected chi connectivity index (χ4v) is 3.40. The van der Waals surface area contributed by atoms with E-state index in [1.54, 1.807) is 4.90 Å². The van der Waals surface area contributed by atoms with Crippen LogP contribution in [-0.4, -0.2) is 11.6 Å². The van der Waals surface area contributed by atoms with E-state index < -0.39 is 0 Å². The van der Waals surface area contributed by atoms with Gasteiger partial charge in [-0.2, -0.15) is 0 Å². The lowest BCUT2D eigenvalue weighted by atomic mass is 10.1. The molecule has 0 N–H and O–H groups in total. The van der Waals surface area contributed by atoms with Crippen LogP contribution >= 0.6 is 11.6 Å². The number of amides is 1. The lowest BCUT2D eigenvalue weighted by Crippen LogP contribution is -2.29. The van der Waals surface area contributed by atoms with Crippen LogP contribution in [0.25, 0.3) is 0 Å². The molecular formula is C23H19ClN2O. The quantitative estimate of drug-likeness (QED) is 0.587. The molecule has 0 aromatic heterocycles. The highest BCUT2D eigenvalue weighted by molar-refractivity contribution is 6.54. The van der Waals surface area contributed by atoms with E-state index in [2.05, 4.69) is 13.0 Å². The van der Waals surface area contributed by atoms with Gasteiger partial charge in [-0.15, -0.1) is 0 Å². The maximum absolute atomic E-state index is 13.2. The van der Waals surface area contributed by atoms with Crippen molar-refractivity contribution in [2.24, 2.45) is 4.99 Å². The largest absolute Gasteiger partial charge is 0.302 e. The van der Waals surface area contributed by atoms with Crippen LogP contribution in [0.3, 0.4) is 0 Å². The Kier molecular flexibility index (Phi) is 4.78. The van der Waals surface area contributed by atoms with Crippen LogP contribution in [0, 0.1) is 0 Å². The third-order valence-corrected chi connectivity index (χ3v) is 4.96. The van der Waals surface area contributed by atoms with Crippen molar-refractivity contribution in [1.82, 2.24) is 0 Å². The van der Waals surface area contributed by atoms with Crippen molar-refractivity contribution in [3.8, 4) is 0 Å². The molecule has 27 heavy (non-hydrogen) atoms. The van der Waals surface area contributed by atoms with Crippen molar-refractivity contribution in [3.05, 3.63) is 94.5 Å². The number of hydrogen-bond donors (Lipinski definition) is 0. The van der Waals surface area contributed by atoms with E-state index in [1.165, 1.54) is 5.56 Å². The predicted molar refractivity (Wildman–Crippen MR) is 111 cm³/mol. The Morgan fingerprint density at radius 2 is 1.70 bits per heavy atom. The van der Waals surface area contributed by atoms with Gasteiger partial charge in [0.1, 0.15) is 5.71 Å². The molecule has 4 heteroatoms. The summed E-state index contributed by atoms with van der Waals surface area (Å²) in [4.78, 5) is 19.6. The summed E-state index contributed by atoms with van der Waals surface area (Å²) >= 11 is 5.98. The number of carbonyl (C=O) groups excluding carboxylic acids is 1. The molecule has 1 amide bonds. The topological polar surface area (TPSA) is 32.7 Å². The van der Waals surface area contributed by atoms with E-state index >= 15 is 0 Å². The third-order valence-electron chi connectivity index (χ3n) is 4.71. The molecule has 0 saturated heterocycles. The van der Waals surface area contributed by atoms with E-state index in [1.807, 2.05) is 66.7 Å². The number of rotatable bonds is 4. The number of anilines is 1. The Morgan fingerprint density at radius 1 is 0.926 bits per heavy atom. The van der Waals surface area contributed by atoms with Crippen LogP contribution in [0.1, 0.15) is 23.6 Å². The minimum absolute atomic E-state index is 0.0759. The summed E-state index contributed by atoms with van der Waals surface area (Å²) in [6, 6.07) is 23.4. The monoisotopic (exact) mass is 374 g/mol. The molecule has 0 radical (unpaired) electrons. The van der Waals surface area contributed by atoms with Gasteiger partial charge in [-0.05, 0) is 47.9 Å². The number of hydrogen-bond acceptors (Lipinski definition) is 2. The Labute approximate surface area is 163 Å². The number of fused-ring (bicyclic) bond motifs is 1. The molecule has 0 atom stereocenters. The summed E-state index contributed by atoms with van der Waals surface area (Å²) in [6.45, 7) is 2.59. The Bertz CT molecular complexity index is 1020. The molecule has 0 bridgehead atoms. The van der Waals surface area contributed by atoms with Crippen molar-refractivity contribution in [2.75, 3.05) is 4.90 Å². The van der Waals surface area contributed by atoms with Crippen LogP contribution in [0.4, 0.5) is 11.4 Å². The van der Waals surface area contributed by atoms with E-state index in [0.29, 0.717) is 17.3 Å². The smallest absolute Gasteiger partial charge is 0.277 e. The SMILES string of the molecule is CCc1cccc(N=C2C(=O)N(Cc3ccc(Cl)cc3)c3ccccc32)c1. The van der Waals surface area contributed by atoms with Gasteiger partial charge in [0.15, 0.2) is 0 Å². The van der Waals surface area contributed by atoms with Crippen molar-refractivity contribution >= 4 is 34.6 Å². The lowest BCUT2D eigenvalue weighted by Gasteiger charge is -2.16. The second kappa shape index (κ2) is 7.37. The van der Waals surface area contributed by atoms with Crippen molar-refractivity contribution in [3.63, 3.8) is 0 Å². The highest BCUT2D eigenvalue weighted by Crippen LogP contribution is 2.32. The number of benzene rings is 3. The summed E-state index contributed by atoms with van der Waals surface area (Å²) in [5.41, 5.74) is 5.29. The average Bonchev–Trinajstić information content (AvgIpc) is 2.96. The van der Waals surface area contributed by atoms with E-state index in [0.717, 1.165) is 28.9 Å². The lowest BCUT2D eigenvalue weighted by molar-refractivity contribution is -0.112. The molecule has 3 aromatic carbocycles. The maximum atomic E-state index is 13.2. The van der Waals surface area contributed by atoms with Gasteiger partial charge in [0.05, 0.1) is 17.9 Å². The molecule has 1 aliphatic rings. The Morgan fingerprint density at radius 3 is 2.48 bits per heavy atom. The van der Waals surface area contributed by atoms with Gasteiger partial charge in [0.25, 0.3) is 5.91 Å². The van der Waals surface area contributed by atoms with Gasteiger partial charge in [0, 0.05) is 10.6 Å². The number of nitrogens with zero attached hydrogens (tertiary/aromatic N) is 2. The minimum atomic E-state index is -0.0759. The first-order valence-corrected chi connectivity index (χ1v) is 9.37. The maximum Gasteiger partial charge on any atom is 0.277 e. The second-order valence-electron chi connectivity index (χ2n) is 6.52. The van der Waals surface area contributed by atoms with Gasteiger partial charge < -0.3 is 4.90 Å². The zero-order chi connectivity index (χ0) is 18.8. The van der Waals surface area contributed by atoms with Gasteiger partial charge in [-0.1, -0.05) is 61.0 Å². The van der Waals surface area contributed by atoms with Gasteiger partial charge >= 0.3 is 0 Å². The molecule has 0 aliphatic carbocycles. The minimum Gasteiger partial charge on any atom is -0.302 e. The molecule has 4 rings (SSSR count). The first-order valence-electron chi connectivity index (χ1n) is 8.99. The van der Waals surface area contributed by atoms with E-state index in [-0.39, 0.29) is 5.91 Å². The van der Waals surface area contributed by atoms with Gasteiger partial charge in [-0.25, -0.2) is 4.99 Å². The molecule has 0 saturated carbocycles. The third kappa shape index (κ3) is 3.51. The van der Waals surface area contributed by atoms with Crippen molar-refractivity contribution in [1.29, 1.82) is 0 Å². The number of aliphatic imine (C=N–C) groups is 1. The van der Waals surface area contributed by atoms with Crippen LogP contribution in [0.5, 0.6) is 0 Å². The van der Waals surface area contributed by atoms with Crippen molar-refractivity contribution < 1.29 is 4.79 Å². The normalized spacial score (nSPS) is 14.7. The Balaban J connectivity index is 1.73. The molecule has 134 valence electrons. The second-order valence-corrected chi connectivity index (χ2v) is 6.96. The molecule has 1 aliphatic heterocycles. The molecular weight excluding hydrogens is 356 g/mol. The Hall–Kier alpha value is -2.91. The zero-order valence-corrected chi connectivity index (χ0v) is 15.8. The first-order chi connectivity index (χ1) is 13.2. The molecule has 0 fully saturated rings. The highest BCUT2D eigenvalue weighted by Gasteiger charge is 2.33. The summed E-state index contributed by atoms with van der Waals surface area (Å²) in [6.07, 6.45) is 0.936. The number of halogens is 1. The van der Waals surface area contributed by atoms with Crippen LogP contribution in [-0.2, 0) is 17.8 Å². The molecule has 0 unspecified atom stereocenters. The fourth-order valence-electron chi connectivity index (χ4n) is 3.27. The van der Waals surface area contributed by atoms with Crippen LogP contribution in [0.15, 0.2) is 77.8 Å². The van der Waals surface area contributed by atoms with Crippen molar-refractivity contribution in [2.45, 2.75) is 19.9 Å². The number of aryl methyl sites for hydroxylation is 1. The average molecular weight is 375 g/mol. The van der Waals surface area contributed by atoms with E-state index in [9.17, 15) is 4.79 Å². The standard InChI is InChI=1S/C23H19ClN2O/c1-2-16-6-5-7-19(14-16)25-22-20-8-3-4-9-21(20)26(23(22)27)15-17-10-12-18(24)13-11-17/h3-14H,2,15H2,1H3. The highest BCUT2D eigenvalue weighted by atomic mass is 35.5. The first kappa shape index (κ1) is 17.5. The molecule has 1 heterocycles. The van der Waals surface area contributed by atoms with Crippen LogP contribution < -0.4 is 4.90 Å². The number of para-hydroxylation sites is 1. The van der Waals surface area contributed by atoms with Crippen LogP contribution in [0.2, 0.25) is 5.02 Å². The summed E-state index contributed by atoms with van der Waals surface area (Å²) in [7, 11) is 0. The van der Waals surface area contributed by atoms with Gasteiger partial charge in [-0.3, -0.25) is 4.79 Å². The molecule has 0 spiro atoms. The molecule has 3 nitrogen and oxygen atoms in total. The van der Waals surface area contributed by atoms with Gasteiger partial charge in [0.2, 0.25) is 0 Å². The van der Waals surface area contributed by atoms with E-state index in [4.69, 9.17) is 16.6 Å². The predicted octanol–water partition coefficient (Wildman–Crippen LogP) is 5.57. The fraction of sp³-hybridized carbons (Fsp3) is 0.130. The summed E-state index contributed by atoms with van der Waals surface area (Å²) in [5, 5.41) is 0.685. The number of carbonyl (C=O) groups is 1. The summed E-state index contributed by atoms with van der Waals surface area (Å²) < 4.78 is 0. The molecule has 3 aromatic rings. The summed E-state index contributed by atoms with van der Waals surface area (Å²) in [5.74, 6) is -0.0759.